The maximum Gasteiger partial charge on any atom is 0.119 e. The molecule has 2 N–H and O–H groups in total. The number of pyridine rings is 1. The number of hydrogen-bond donors (Lipinski definition) is 2. The van der Waals surface area contributed by atoms with Gasteiger partial charge in [-0.1, -0.05) is 0 Å². The molecular weight excluding hydrogens is 276 g/mol. The van der Waals surface area contributed by atoms with Gasteiger partial charge in [-0.25, -0.2) is 0 Å². The summed E-state index contributed by atoms with van der Waals surface area (Å²) in [6.07, 6.45) is 3.61. The van der Waals surface area contributed by atoms with E-state index in [0.29, 0.717) is 0 Å². The minimum absolute atomic E-state index is 0.813. The van der Waals surface area contributed by atoms with Crippen LogP contribution >= 0.6 is 0 Å². The average molecular weight is 290 g/mol. The highest BCUT2D eigenvalue weighted by molar-refractivity contribution is 5.94. The van der Waals surface area contributed by atoms with Gasteiger partial charge in [0.05, 0.1) is 24.3 Å². The van der Waals surface area contributed by atoms with E-state index >= 15 is 0 Å². The Balaban J connectivity index is 1.79. The zero-order valence-corrected chi connectivity index (χ0v) is 12.0. The fourth-order valence-electron chi connectivity index (χ4n) is 2.53. The first-order valence-electron chi connectivity index (χ1n) is 6.96. The monoisotopic (exact) mass is 290 g/mol. The number of benzene rings is 2. The van der Waals surface area contributed by atoms with Crippen LogP contribution in [0.15, 0.2) is 54.9 Å². The normalized spacial score (nSPS) is 11.0. The van der Waals surface area contributed by atoms with Gasteiger partial charge in [0.25, 0.3) is 0 Å². The predicted molar refractivity (Wildman–Crippen MR) is 87.7 cm³/mol. The lowest BCUT2D eigenvalue weighted by molar-refractivity contribution is 0.415. The first-order chi connectivity index (χ1) is 10.8. The zero-order chi connectivity index (χ0) is 14.9. The molecule has 0 aliphatic rings. The Hall–Kier alpha value is -3.08. The van der Waals surface area contributed by atoms with Crippen molar-refractivity contribution in [2.45, 2.75) is 0 Å². The summed E-state index contributed by atoms with van der Waals surface area (Å²) in [5.74, 6) is 0.813. The van der Waals surface area contributed by atoms with Crippen LogP contribution in [-0.2, 0) is 0 Å². The van der Waals surface area contributed by atoms with Crippen molar-refractivity contribution in [3.05, 3.63) is 54.9 Å². The molecule has 5 nitrogen and oxygen atoms in total. The molecule has 4 aromatic rings. The first-order valence-corrected chi connectivity index (χ1v) is 6.96. The maximum absolute atomic E-state index is 5.31. The molecule has 2 heterocycles. The molecule has 0 aliphatic carbocycles. The number of rotatable bonds is 3. The van der Waals surface area contributed by atoms with Crippen LogP contribution in [0, 0.1) is 0 Å². The molecule has 22 heavy (non-hydrogen) atoms. The Morgan fingerprint density at radius 2 is 2.05 bits per heavy atom. The Kier molecular flexibility index (Phi) is 2.89. The van der Waals surface area contributed by atoms with Crippen LogP contribution in [0.5, 0.6) is 5.75 Å². The number of nitrogens with zero attached hydrogens (tertiary/aromatic N) is 2. The van der Waals surface area contributed by atoms with E-state index in [1.165, 1.54) is 0 Å². The Labute approximate surface area is 126 Å². The van der Waals surface area contributed by atoms with Crippen molar-refractivity contribution >= 4 is 33.2 Å². The third kappa shape index (κ3) is 2.13. The van der Waals surface area contributed by atoms with Crippen molar-refractivity contribution in [2.75, 3.05) is 12.4 Å². The van der Waals surface area contributed by atoms with E-state index < -0.39 is 0 Å². The van der Waals surface area contributed by atoms with Gasteiger partial charge in [0.15, 0.2) is 0 Å². The number of aromatic amines is 1. The lowest BCUT2D eigenvalue weighted by Gasteiger charge is -2.10. The van der Waals surface area contributed by atoms with Gasteiger partial charge in [0.2, 0.25) is 0 Å². The van der Waals surface area contributed by atoms with Gasteiger partial charge in [-0.05, 0) is 42.5 Å². The van der Waals surface area contributed by atoms with Gasteiger partial charge in [-0.2, -0.15) is 5.10 Å². The molecule has 0 amide bonds. The molecule has 2 aromatic heterocycles. The Morgan fingerprint density at radius 3 is 2.95 bits per heavy atom. The number of fused-ring (bicyclic) bond motifs is 2. The van der Waals surface area contributed by atoms with Crippen LogP contribution in [0.2, 0.25) is 0 Å². The topological polar surface area (TPSA) is 62.8 Å². The summed E-state index contributed by atoms with van der Waals surface area (Å²) in [5, 5.41) is 12.6. The molecule has 108 valence electrons. The van der Waals surface area contributed by atoms with Gasteiger partial charge >= 0.3 is 0 Å². The van der Waals surface area contributed by atoms with Crippen molar-refractivity contribution in [1.82, 2.24) is 15.2 Å². The summed E-state index contributed by atoms with van der Waals surface area (Å²) in [4.78, 5) is 4.39. The Bertz CT molecular complexity index is 961. The summed E-state index contributed by atoms with van der Waals surface area (Å²) in [5.41, 5.74) is 3.91. The average Bonchev–Trinajstić information content (AvgIpc) is 3.02. The standard InChI is InChI=1S/C17H14N4O/c1-22-13-4-5-15-14(9-13)16(6-7-18-15)20-12-3-2-11-10-19-21-17(11)8-12/h2-10H,1H3,(H,18,20)(H,19,21). The van der Waals surface area contributed by atoms with Crippen molar-refractivity contribution in [3.8, 4) is 5.75 Å². The second kappa shape index (κ2) is 5.04. The highest BCUT2D eigenvalue weighted by Gasteiger charge is 2.05. The third-order valence-corrected chi connectivity index (χ3v) is 3.67. The van der Waals surface area contributed by atoms with Gasteiger partial charge < -0.3 is 10.1 Å². The number of aromatic nitrogens is 3. The van der Waals surface area contributed by atoms with Gasteiger partial charge in [0.1, 0.15) is 5.75 Å². The van der Waals surface area contributed by atoms with Gasteiger partial charge in [-0.15, -0.1) is 0 Å². The van der Waals surface area contributed by atoms with Gasteiger partial charge in [-0.3, -0.25) is 10.1 Å². The minimum Gasteiger partial charge on any atom is -0.497 e. The van der Waals surface area contributed by atoms with Crippen molar-refractivity contribution in [2.24, 2.45) is 0 Å². The van der Waals surface area contributed by atoms with E-state index in [0.717, 1.165) is 38.9 Å². The van der Waals surface area contributed by atoms with Crippen molar-refractivity contribution < 1.29 is 4.74 Å². The molecule has 2 aromatic carbocycles. The predicted octanol–water partition coefficient (Wildman–Crippen LogP) is 3.86. The highest BCUT2D eigenvalue weighted by atomic mass is 16.5. The lowest BCUT2D eigenvalue weighted by atomic mass is 10.1. The first kappa shape index (κ1) is 12.6. The molecule has 0 bridgehead atoms. The molecular formula is C17H14N4O. The van der Waals surface area contributed by atoms with E-state index in [-0.39, 0.29) is 0 Å². The number of hydrogen-bond acceptors (Lipinski definition) is 4. The fraction of sp³-hybridized carbons (Fsp3) is 0.0588. The van der Waals surface area contributed by atoms with Crippen molar-refractivity contribution in [1.29, 1.82) is 0 Å². The molecule has 0 aliphatic heterocycles. The summed E-state index contributed by atoms with van der Waals surface area (Å²) in [7, 11) is 1.66. The molecule has 5 heteroatoms. The second-order valence-electron chi connectivity index (χ2n) is 5.04. The number of nitrogens with one attached hydrogen (secondary N) is 2. The van der Waals surface area contributed by atoms with E-state index in [1.54, 1.807) is 13.3 Å². The summed E-state index contributed by atoms with van der Waals surface area (Å²) in [6, 6.07) is 13.9. The second-order valence-corrected chi connectivity index (χ2v) is 5.04. The molecule has 0 spiro atoms. The van der Waals surface area contributed by atoms with E-state index in [1.807, 2.05) is 48.7 Å². The largest absolute Gasteiger partial charge is 0.497 e. The van der Waals surface area contributed by atoms with E-state index in [2.05, 4.69) is 20.5 Å². The molecule has 0 atom stereocenters. The van der Waals surface area contributed by atoms with E-state index in [9.17, 15) is 0 Å². The maximum atomic E-state index is 5.31. The number of ether oxygens (including phenoxy) is 1. The van der Waals surface area contributed by atoms with Crippen LogP contribution in [0.1, 0.15) is 0 Å². The summed E-state index contributed by atoms with van der Waals surface area (Å²) >= 11 is 0. The third-order valence-electron chi connectivity index (χ3n) is 3.67. The van der Waals surface area contributed by atoms with Crippen molar-refractivity contribution in [3.63, 3.8) is 0 Å². The number of H-pyrrole nitrogens is 1. The SMILES string of the molecule is COc1ccc2nccc(Nc3ccc4cn[nH]c4c3)c2c1. The minimum atomic E-state index is 0.813. The smallest absolute Gasteiger partial charge is 0.119 e. The summed E-state index contributed by atoms with van der Waals surface area (Å²) < 4.78 is 5.31. The molecule has 0 radical (unpaired) electrons. The van der Waals surface area contributed by atoms with E-state index in [4.69, 9.17) is 4.74 Å². The fourth-order valence-corrected chi connectivity index (χ4v) is 2.53. The number of anilines is 2. The molecule has 0 saturated heterocycles. The molecule has 0 unspecified atom stereocenters. The molecule has 0 saturated carbocycles. The van der Waals surface area contributed by atoms with Crippen LogP contribution in [0.25, 0.3) is 21.8 Å². The van der Waals surface area contributed by atoms with Crippen LogP contribution in [0.3, 0.4) is 0 Å². The summed E-state index contributed by atoms with van der Waals surface area (Å²) in [6.45, 7) is 0. The highest BCUT2D eigenvalue weighted by Crippen LogP contribution is 2.29. The van der Waals surface area contributed by atoms with Crippen LogP contribution in [0.4, 0.5) is 11.4 Å². The van der Waals surface area contributed by atoms with Gasteiger partial charge in [0, 0.05) is 28.3 Å². The van der Waals surface area contributed by atoms with Crippen LogP contribution in [-0.4, -0.2) is 22.3 Å². The number of methoxy groups -OCH3 is 1. The lowest BCUT2D eigenvalue weighted by Crippen LogP contribution is -1.93. The Morgan fingerprint density at radius 1 is 1.09 bits per heavy atom. The molecule has 0 fully saturated rings. The van der Waals surface area contributed by atoms with Crippen LogP contribution < -0.4 is 10.1 Å². The molecule has 4 rings (SSSR count). The zero-order valence-electron chi connectivity index (χ0n) is 12.0. The quantitative estimate of drug-likeness (QED) is 0.601.